The minimum absolute atomic E-state index is 0.0633. The molecule has 2 atom stereocenters. The van der Waals surface area contributed by atoms with Crippen LogP contribution in [0.5, 0.6) is 0 Å². The lowest BCUT2D eigenvalue weighted by Gasteiger charge is -2.24. The number of ether oxygens (including phenoxy) is 2. The lowest BCUT2D eigenvalue weighted by atomic mass is 10.0. The summed E-state index contributed by atoms with van der Waals surface area (Å²) in [7, 11) is 0. The molecule has 0 aromatic carbocycles. The van der Waals surface area contributed by atoms with E-state index in [1.54, 1.807) is 40.7 Å². The van der Waals surface area contributed by atoms with Gasteiger partial charge >= 0.3 is 12.1 Å². The fraction of sp³-hybridized carbons (Fsp3) is 0.706. The van der Waals surface area contributed by atoms with Gasteiger partial charge in [0.05, 0.1) is 12.6 Å². The molecule has 2 amide bonds. The fourth-order valence-electron chi connectivity index (χ4n) is 1.65. The van der Waals surface area contributed by atoms with Crippen LogP contribution in [0.15, 0.2) is 12.2 Å². The van der Waals surface area contributed by atoms with Gasteiger partial charge in [0.1, 0.15) is 11.6 Å². The molecular weight excluding hydrogens is 312 g/mol. The second-order valence-electron chi connectivity index (χ2n) is 6.76. The molecule has 2 N–H and O–H groups in total. The summed E-state index contributed by atoms with van der Waals surface area (Å²) in [5.41, 5.74) is -0.636. The number of esters is 1. The highest BCUT2D eigenvalue weighted by atomic mass is 16.6. The summed E-state index contributed by atoms with van der Waals surface area (Å²) in [6, 6.07) is -1.12. The Morgan fingerprint density at radius 1 is 1.08 bits per heavy atom. The third-order valence-electron chi connectivity index (χ3n) is 2.88. The average molecular weight is 342 g/mol. The van der Waals surface area contributed by atoms with Crippen LogP contribution >= 0.6 is 0 Å². The summed E-state index contributed by atoms with van der Waals surface area (Å²) in [5, 5.41) is 5.25. The Morgan fingerprint density at radius 3 is 2.12 bits per heavy atom. The largest absolute Gasteiger partial charge is 0.463 e. The minimum atomic E-state index is -0.767. The van der Waals surface area contributed by atoms with Gasteiger partial charge in [-0.15, -0.1) is 0 Å². The number of hydrogen-bond donors (Lipinski definition) is 2. The molecule has 0 unspecified atom stereocenters. The highest BCUT2D eigenvalue weighted by molar-refractivity contribution is 5.86. The molecule has 0 heterocycles. The van der Waals surface area contributed by atoms with Crippen molar-refractivity contribution in [2.75, 3.05) is 6.61 Å². The maximum Gasteiger partial charge on any atom is 0.408 e. The monoisotopic (exact) mass is 342 g/mol. The van der Waals surface area contributed by atoms with Crippen molar-refractivity contribution >= 4 is 18.0 Å². The molecular formula is C17H30N2O5. The van der Waals surface area contributed by atoms with E-state index in [0.717, 1.165) is 0 Å². The first kappa shape index (κ1) is 21.9. The molecule has 0 aliphatic heterocycles. The molecule has 138 valence electrons. The molecule has 0 fully saturated rings. The van der Waals surface area contributed by atoms with Gasteiger partial charge in [0.2, 0.25) is 5.91 Å². The molecule has 7 nitrogen and oxygen atoms in total. The van der Waals surface area contributed by atoms with Crippen molar-refractivity contribution in [1.82, 2.24) is 10.6 Å². The van der Waals surface area contributed by atoms with Crippen LogP contribution in [0, 0.1) is 5.92 Å². The number of alkyl carbamates (subject to hydrolysis) is 1. The van der Waals surface area contributed by atoms with E-state index in [9.17, 15) is 14.4 Å². The molecule has 0 saturated heterocycles. The van der Waals surface area contributed by atoms with Crippen molar-refractivity contribution in [1.29, 1.82) is 0 Å². The summed E-state index contributed by atoms with van der Waals surface area (Å²) in [6.45, 7) is 12.6. The number of rotatable bonds is 7. The second kappa shape index (κ2) is 9.95. The Bertz CT molecular complexity index is 466. The summed E-state index contributed by atoms with van der Waals surface area (Å²) >= 11 is 0. The first-order valence-corrected chi connectivity index (χ1v) is 8.11. The Labute approximate surface area is 144 Å². The average Bonchev–Trinajstić information content (AvgIpc) is 2.40. The minimum Gasteiger partial charge on any atom is -0.463 e. The Kier molecular flexibility index (Phi) is 9.10. The van der Waals surface area contributed by atoms with E-state index in [1.165, 1.54) is 6.08 Å². The van der Waals surface area contributed by atoms with Crippen LogP contribution in [0.3, 0.4) is 0 Å². The van der Waals surface area contributed by atoms with Gasteiger partial charge in [-0.25, -0.2) is 9.59 Å². The van der Waals surface area contributed by atoms with Crippen LogP contribution in [0.1, 0.15) is 48.5 Å². The Hall–Kier alpha value is -2.05. The van der Waals surface area contributed by atoms with Crippen molar-refractivity contribution in [2.45, 2.75) is 66.2 Å². The molecule has 24 heavy (non-hydrogen) atoms. The van der Waals surface area contributed by atoms with Crippen LogP contribution in [0.4, 0.5) is 4.79 Å². The Balaban J connectivity index is 4.66. The van der Waals surface area contributed by atoms with Gasteiger partial charge in [-0.1, -0.05) is 19.9 Å². The van der Waals surface area contributed by atoms with Crippen LogP contribution in [-0.2, 0) is 19.1 Å². The maximum atomic E-state index is 12.2. The van der Waals surface area contributed by atoms with Gasteiger partial charge < -0.3 is 20.1 Å². The molecule has 0 aromatic heterocycles. The molecule has 0 bridgehead atoms. The molecule has 0 radical (unpaired) electrons. The van der Waals surface area contributed by atoms with Crippen molar-refractivity contribution in [3.63, 3.8) is 0 Å². The quantitative estimate of drug-likeness (QED) is 0.546. The van der Waals surface area contributed by atoms with E-state index in [-0.39, 0.29) is 17.9 Å². The maximum absolute atomic E-state index is 12.2. The van der Waals surface area contributed by atoms with E-state index in [1.807, 2.05) is 13.8 Å². The van der Waals surface area contributed by atoms with Gasteiger partial charge in [-0.3, -0.25) is 4.79 Å². The van der Waals surface area contributed by atoms with Crippen molar-refractivity contribution in [3.05, 3.63) is 12.2 Å². The van der Waals surface area contributed by atoms with Gasteiger partial charge in [-0.05, 0) is 40.5 Å². The zero-order valence-corrected chi connectivity index (χ0v) is 15.6. The smallest absolute Gasteiger partial charge is 0.408 e. The first-order valence-electron chi connectivity index (χ1n) is 8.11. The third kappa shape index (κ3) is 9.86. The molecule has 0 aliphatic rings. The van der Waals surface area contributed by atoms with Gasteiger partial charge in [-0.2, -0.15) is 0 Å². The zero-order valence-electron chi connectivity index (χ0n) is 15.6. The molecule has 0 rings (SSSR count). The van der Waals surface area contributed by atoms with Crippen LogP contribution < -0.4 is 10.6 Å². The predicted molar refractivity (Wildman–Crippen MR) is 91.4 cm³/mol. The standard InChI is InChI=1S/C17H30N2O5/c1-8-23-14(20)10-9-13(11(2)3)19-15(21)12(4)18-16(22)24-17(5,6)7/h9-13H,8H2,1-7H3,(H,18,22)(H,19,21)/b10-9+/t12-,13+/m0/s1. The van der Waals surface area contributed by atoms with E-state index >= 15 is 0 Å². The molecule has 0 aliphatic carbocycles. The lowest BCUT2D eigenvalue weighted by molar-refractivity contribution is -0.137. The molecule has 0 spiro atoms. The number of nitrogens with one attached hydrogen (secondary N) is 2. The fourth-order valence-corrected chi connectivity index (χ4v) is 1.65. The van der Waals surface area contributed by atoms with Crippen molar-refractivity contribution in [2.24, 2.45) is 5.92 Å². The lowest BCUT2D eigenvalue weighted by Crippen LogP contribution is -2.49. The number of amides is 2. The van der Waals surface area contributed by atoms with Crippen LogP contribution in [0.25, 0.3) is 0 Å². The SMILES string of the molecule is CCOC(=O)/C=C/[C@@H](NC(=O)[C@H](C)NC(=O)OC(C)(C)C)C(C)C. The predicted octanol–water partition coefficient (Wildman–Crippen LogP) is 2.16. The Morgan fingerprint density at radius 2 is 1.67 bits per heavy atom. The topological polar surface area (TPSA) is 93.7 Å². The molecule has 0 saturated carbocycles. The highest BCUT2D eigenvalue weighted by Gasteiger charge is 2.23. The van der Waals surface area contributed by atoms with E-state index in [0.29, 0.717) is 6.61 Å². The molecule has 7 heteroatoms. The number of hydrogen-bond acceptors (Lipinski definition) is 5. The molecule has 0 aromatic rings. The van der Waals surface area contributed by atoms with Crippen LogP contribution in [-0.4, -0.2) is 42.3 Å². The zero-order chi connectivity index (χ0) is 18.9. The third-order valence-corrected chi connectivity index (χ3v) is 2.88. The van der Waals surface area contributed by atoms with E-state index < -0.39 is 23.7 Å². The van der Waals surface area contributed by atoms with Crippen molar-refractivity contribution < 1.29 is 23.9 Å². The first-order chi connectivity index (χ1) is 11.0. The second-order valence-corrected chi connectivity index (χ2v) is 6.76. The summed E-state index contributed by atoms with van der Waals surface area (Å²) in [6.07, 6.45) is 2.22. The number of carbonyl (C=O) groups excluding carboxylic acids is 3. The van der Waals surface area contributed by atoms with Crippen molar-refractivity contribution in [3.8, 4) is 0 Å². The summed E-state index contributed by atoms with van der Waals surface area (Å²) in [4.78, 5) is 35.3. The summed E-state index contributed by atoms with van der Waals surface area (Å²) in [5.74, 6) is -0.765. The van der Waals surface area contributed by atoms with Gasteiger partial charge in [0.15, 0.2) is 0 Å². The highest BCUT2D eigenvalue weighted by Crippen LogP contribution is 2.07. The number of carbonyl (C=O) groups is 3. The van der Waals surface area contributed by atoms with Gasteiger partial charge in [0, 0.05) is 6.08 Å². The normalized spacial score (nSPS) is 14.2. The summed E-state index contributed by atoms with van der Waals surface area (Å²) < 4.78 is 9.92. The van der Waals surface area contributed by atoms with Crippen LogP contribution in [0.2, 0.25) is 0 Å². The van der Waals surface area contributed by atoms with E-state index in [2.05, 4.69) is 10.6 Å². The van der Waals surface area contributed by atoms with Gasteiger partial charge in [0.25, 0.3) is 0 Å². The van der Waals surface area contributed by atoms with E-state index in [4.69, 9.17) is 9.47 Å².